The van der Waals surface area contributed by atoms with Crippen molar-refractivity contribution in [2.75, 3.05) is 44.7 Å². The zero-order valence-corrected chi connectivity index (χ0v) is 17.3. The van der Waals surface area contributed by atoms with Gasteiger partial charge in [-0.2, -0.15) is 0 Å². The summed E-state index contributed by atoms with van der Waals surface area (Å²) in [6, 6.07) is 7.20. The molecule has 1 aromatic rings. The number of likely N-dealkylation sites (N-methyl/N-ethyl adjacent to an activating group) is 1. The highest BCUT2D eigenvalue weighted by molar-refractivity contribution is 5.94. The standard InChI is InChI=1S/C22H32N4O3/c1-24(15-21(27)28)18-4-6-19(7-5-18)25-12-13-26(22(25)29)20-3-2-16-8-10-23-11-9-17(16)14-20/h2-3,14,18-19,23H,4-13,15H2,1H3,(H,27,28)/t18-,19-. The van der Waals surface area contributed by atoms with Gasteiger partial charge in [0, 0.05) is 30.9 Å². The first-order valence-electron chi connectivity index (χ1n) is 10.9. The van der Waals surface area contributed by atoms with Crippen LogP contribution in [-0.4, -0.2) is 78.8 Å². The third-order valence-electron chi connectivity index (χ3n) is 6.80. The average molecular weight is 401 g/mol. The number of benzene rings is 1. The highest BCUT2D eigenvalue weighted by Gasteiger charge is 2.37. The van der Waals surface area contributed by atoms with E-state index in [-0.39, 0.29) is 18.6 Å². The fourth-order valence-electron chi connectivity index (χ4n) is 5.11. The number of amides is 2. The van der Waals surface area contributed by atoms with Gasteiger partial charge in [0.1, 0.15) is 0 Å². The molecule has 0 unspecified atom stereocenters. The Hall–Kier alpha value is -2.12. The highest BCUT2D eigenvalue weighted by Crippen LogP contribution is 2.31. The lowest BCUT2D eigenvalue weighted by Gasteiger charge is -2.37. The Bertz CT molecular complexity index is 760. The molecule has 2 heterocycles. The second kappa shape index (κ2) is 8.71. The van der Waals surface area contributed by atoms with Crippen LogP contribution in [0.2, 0.25) is 0 Å². The molecule has 1 saturated heterocycles. The molecule has 2 amide bonds. The van der Waals surface area contributed by atoms with E-state index in [2.05, 4.69) is 23.5 Å². The van der Waals surface area contributed by atoms with Crippen molar-refractivity contribution in [1.82, 2.24) is 15.1 Å². The molecule has 0 bridgehead atoms. The minimum absolute atomic E-state index is 0.0829. The Balaban J connectivity index is 1.37. The number of carbonyl (C=O) groups excluding carboxylic acids is 1. The van der Waals surface area contributed by atoms with Crippen LogP contribution in [0.4, 0.5) is 10.5 Å². The maximum Gasteiger partial charge on any atom is 0.324 e. The molecular weight excluding hydrogens is 368 g/mol. The minimum Gasteiger partial charge on any atom is -0.480 e. The molecule has 2 aliphatic heterocycles. The fraction of sp³-hybridized carbons (Fsp3) is 0.636. The van der Waals surface area contributed by atoms with Gasteiger partial charge in [0.2, 0.25) is 0 Å². The Morgan fingerprint density at radius 2 is 1.86 bits per heavy atom. The molecule has 7 nitrogen and oxygen atoms in total. The first-order chi connectivity index (χ1) is 14.0. The molecule has 158 valence electrons. The Morgan fingerprint density at radius 1 is 1.14 bits per heavy atom. The first kappa shape index (κ1) is 20.2. The van der Waals surface area contributed by atoms with Crippen molar-refractivity contribution in [3.05, 3.63) is 29.3 Å². The number of rotatable bonds is 5. The van der Waals surface area contributed by atoms with Gasteiger partial charge in [-0.15, -0.1) is 0 Å². The summed E-state index contributed by atoms with van der Waals surface area (Å²) < 4.78 is 0. The lowest BCUT2D eigenvalue weighted by Crippen LogP contribution is -2.45. The predicted octanol–water partition coefficient (Wildman–Crippen LogP) is 1.94. The van der Waals surface area contributed by atoms with Crippen molar-refractivity contribution >= 4 is 17.7 Å². The van der Waals surface area contributed by atoms with Crippen LogP contribution in [0, 0.1) is 0 Å². The third kappa shape index (κ3) is 4.41. The van der Waals surface area contributed by atoms with Gasteiger partial charge in [0.25, 0.3) is 0 Å². The van der Waals surface area contributed by atoms with Crippen LogP contribution in [0.3, 0.4) is 0 Å². The number of fused-ring (bicyclic) bond motifs is 1. The monoisotopic (exact) mass is 400 g/mol. The second-order valence-electron chi connectivity index (χ2n) is 8.60. The molecule has 0 aromatic heterocycles. The topological polar surface area (TPSA) is 76.1 Å². The predicted molar refractivity (Wildman–Crippen MR) is 112 cm³/mol. The normalized spacial score (nSPS) is 25.2. The van der Waals surface area contributed by atoms with Gasteiger partial charge in [0.05, 0.1) is 6.54 Å². The van der Waals surface area contributed by atoms with Gasteiger partial charge < -0.3 is 15.3 Å². The number of hydrogen-bond acceptors (Lipinski definition) is 4. The maximum atomic E-state index is 13.2. The van der Waals surface area contributed by atoms with E-state index >= 15 is 0 Å². The van der Waals surface area contributed by atoms with Crippen molar-refractivity contribution in [3.8, 4) is 0 Å². The van der Waals surface area contributed by atoms with E-state index in [1.54, 1.807) is 0 Å². The van der Waals surface area contributed by atoms with Crippen LogP contribution in [0.25, 0.3) is 0 Å². The second-order valence-corrected chi connectivity index (χ2v) is 8.60. The van der Waals surface area contributed by atoms with Crippen LogP contribution in [-0.2, 0) is 17.6 Å². The summed E-state index contributed by atoms with van der Waals surface area (Å²) in [5.74, 6) is -0.781. The third-order valence-corrected chi connectivity index (χ3v) is 6.80. The van der Waals surface area contributed by atoms with Crippen molar-refractivity contribution in [1.29, 1.82) is 0 Å². The van der Waals surface area contributed by atoms with E-state index in [9.17, 15) is 9.59 Å². The van der Waals surface area contributed by atoms with Gasteiger partial charge in [-0.3, -0.25) is 14.6 Å². The average Bonchev–Trinajstić information content (AvgIpc) is 2.94. The largest absolute Gasteiger partial charge is 0.480 e. The molecular formula is C22H32N4O3. The van der Waals surface area contributed by atoms with Crippen molar-refractivity contribution < 1.29 is 14.7 Å². The van der Waals surface area contributed by atoms with Gasteiger partial charge >= 0.3 is 12.0 Å². The Kier molecular flexibility index (Phi) is 6.06. The number of carbonyl (C=O) groups is 2. The molecule has 0 atom stereocenters. The molecule has 7 heteroatoms. The fourth-order valence-corrected chi connectivity index (χ4v) is 5.11. The molecule has 29 heavy (non-hydrogen) atoms. The smallest absolute Gasteiger partial charge is 0.324 e. The number of anilines is 1. The van der Waals surface area contributed by atoms with Crippen molar-refractivity contribution in [2.45, 2.75) is 50.6 Å². The quantitative estimate of drug-likeness (QED) is 0.790. The van der Waals surface area contributed by atoms with Crippen LogP contribution >= 0.6 is 0 Å². The van der Waals surface area contributed by atoms with E-state index in [4.69, 9.17) is 5.11 Å². The molecule has 2 fully saturated rings. The van der Waals surface area contributed by atoms with E-state index in [0.29, 0.717) is 6.04 Å². The summed E-state index contributed by atoms with van der Waals surface area (Å²) in [4.78, 5) is 30.0. The highest BCUT2D eigenvalue weighted by atomic mass is 16.4. The summed E-state index contributed by atoms with van der Waals surface area (Å²) in [7, 11) is 1.88. The maximum absolute atomic E-state index is 13.2. The number of nitrogens with zero attached hydrogens (tertiary/aromatic N) is 3. The SMILES string of the molecule is CN(CC(=O)O)[C@H]1CC[C@H](N2CCN(c3ccc4c(c3)CCNCC4)C2=O)CC1. The number of hydrogen-bond donors (Lipinski definition) is 2. The van der Waals surface area contributed by atoms with Gasteiger partial charge in [-0.25, -0.2) is 4.79 Å². The van der Waals surface area contributed by atoms with Gasteiger partial charge in [-0.05, 0) is 81.9 Å². The summed E-state index contributed by atoms with van der Waals surface area (Å²) in [5.41, 5.74) is 3.78. The van der Waals surface area contributed by atoms with Crippen molar-refractivity contribution in [2.24, 2.45) is 0 Å². The van der Waals surface area contributed by atoms with E-state index in [1.807, 2.05) is 21.7 Å². The van der Waals surface area contributed by atoms with Crippen LogP contribution in [0.5, 0.6) is 0 Å². The number of aliphatic carboxylic acids is 1. The molecule has 2 N–H and O–H groups in total. The summed E-state index contributed by atoms with van der Waals surface area (Å²) >= 11 is 0. The molecule has 1 aromatic carbocycles. The molecule has 1 aliphatic carbocycles. The minimum atomic E-state index is -0.781. The Labute approximate surface area is 172 Å². The van der Waals surface area contributed by atoms with Crippen molar-refractivity contribution in [3.63, 3.8) is 0 Å². The number of nitrogens with one attached hydrogen (secondary N) is 1. The van der Waals surface area contributed by atoms with Crippen LogP contribution in [0.1, 0.15) is 36.8 Å². The molecule has 1 saturated carbocycles. The summed E-state index contributed by atoms with van der Waals surface area (Å²) in [5, 5.41) is 12.4. The number of urea groups is 1. The number of carboxylic acid groups (broad SMARTS) is 1. The molecule has 3 aliphatic rings. The summed E-state index contributed by atoms with van der Waals surface area (Å²) in [6.45, 7) is 3.62. The van der Waals surface area contributed by atoms with Crippen LogP contribution < -0.4 is 10.2 Å². The van der Waals surface area contributed by atoms with E-state index in [0.717, 1.165) is 70.4 Å². The zero-order chi connectivity index (χ0) is 20.4. The molecule has 0 radical (unpaired) electrons. The van der Waals surface area contributed by atoms with E-state index in [1.165, 1.54) is 11.1 Å². The summed E-state index contributed by atoms with van der Waals surface area (Å²) in [6.07, 6.45) is 5.86. The number of carboxylic acids is 1. The molecule has 4 rings (SSSR count). The first-order valence-corrected chi connectivity index (χ1v) is 10.9. The van der Waals surface area contributed by atoms with Gasteiger partial charge in [-0.1, -0.05) is 6.07 Å². The van der Waals surface area contributed by atoms with Gasteiger partial charge in [0.15, 0.2) is 0 Å². The Morgan fingerprint density at radius 3 is 2.59 bits per heavy atom. The molecule has 0 spiro atoms. The zero-order valence-electron chi connectivity index (χ0n) is 17.3. The van der Waals surface area contributed by atoms with E-state index < -0.39 is 5.97 Å². The lowest BCUT2D eigenvalue weighted by molar-refractivity contribution is -0.138. The lowest BCUT2D eigenvalue weighted by atomic mass is 9.89. The van der Waals surface area contributed by atoms with Crippen LogP contribution in [0.15, 0.2) is 18.2 Å².